The number of hydrogen-bond acceptors (Lipinski definition) is 5. The van der Waals surface area contributed by atoms with Gasteiger partial charge >= 0.3 is 0 Å². The van der Waals surface area contributed by atoms with Crippen LogP contribution >= 0.6 is 11.8 Å². The first-order valence-electron chi connectivity index (χ1n) is 7.50. The Morgan fingerprint density at radius 1 is 1.36 bits per heavy atom. The van der Waals surface area contributed by atoms with Crippen LogP contribution in [0.5, 0.6) is 11.5 Å². The molecule has 120 valence electrons. The topological polar surface area (TPSA) is 48.0 Å². The van der Waals surface area contributed by atoms with Crippen LogP contribution in [0.2, 0.25) is 0 Å². The first-order chi connectivity index (χ1) is 10.7. The SMILES string of the molecule is COc1ccc(OC)c(C2SCCN2C(=O)C2CCCO2)c1. The van der Waals surface area contributed by atoms with Crippen LogP contribution in [-0.4, -0.2) is 50.0 Å². The van der Waals surface area contributed by atoms with E-state index in [1.807, 2.05) is 23.1 Å². The van der Waals surface area contributed by atoms with Crippen LogP contribution in [0.15, 0.2) is 18.2 Å². The molecule has 2 saturated heterocycles. The summed E-state index contributed by atoms with van der Waals surface area (Å²) < 4.78 is 16.3. The van der Waals surface area contributed by atoms with Crippen molar-refractivity contribution in [3.8, 4) is 11.5 Å². The van der Waals surface area contributed by atoms with Gasteiger partial charge in [-0.05, 0) is 31.0 Å². The Morgan fingerprint density at radius 3 is 2.91 bits per heavy atom. The molecule has 3 rings (SSSR count). The summed E-state index contributed by atoms with van der Waals surface area (Å²) in [6.45, 7) is 1.43. The molecule has 2 fully saturated rings. The van der Waals surface area contributed by atoms with Crippen LogP contribution < -0.4 is 9.47 Å². The predicted octanol–water partition coefficient (Wildman–Crippen LogP) is 2.46. The summed E-state index contributed by atoms with van der Waals surface area (Å²) in [7, 11) is 3.29. The largest absolute Gasteiger partial charge is 0.497 e. The van der Waals surface area contributed by atoms with Crippen LogP contribution in [0.1, 0.15) is 23.8 Å². The van der Waals surface area contributed by atoms with Gasteiger partial charge in [0.25, 0.3) is 5.91 Å². The molecule has 6 heteroatoms. The molecule has 1 aromatic carbocycles. The molecule has 2 atom stereocenters. The molecule has 5 nitrogen and oxygen atoms in total. The quantitative estimate of drug-likeness (QED) is 0.852. The molecule has 22 heavy (non-hydrogen) atoms. The minimum absolute atomic E-state index is 0.0400. The highest BCUT2D eigenvalue weighted by Crippen LogP contribution is 2.43. The molecule has 2 heterocycles. The maximum atomic E-state index is 12.7. The molecule has 0 radical (unpaired) electrons. The van der Waals surface area contributed by atoms with Crippen LogP contribution in [0.3, 0.4) is 0 Å². The normalized spacial score (nSPS) is 24.5. The van der Waals surface area contributed by atoms with E-state index < -0.39 is 0 Å². The Balaban J connectivity index is 1.87. The fourth-order valence-corrected chi connectivity index (χ4v) is 4.22. The second-order valence-corrected chi connectivity index (χ2v) is 6.55. The lowest BCUT2D eigenvalue weighted by atomic mass is 10.1. The molecule has 0 saturated carbocycles. The maximum Gasteiger partial charge on any atom is 0.252 e. The van der Waals surface area contributed by atoms with Gasteiger partial charge in [-0.15, -0.1) is 11.8 Å². The summed E-state index contributed by atoms with van der Waals surface area (Å²) in [4.78, 5) is 14.6. The van der Waals surface area contributed by atoms with E-state index in [9.17, 15) is 4.79 Å². The summed E-state index contributed by atoms with van der Waals surface area (Å²) in [6.07, 6.45) is 1.50. The van der Waals surface area contributed by atoms with Crippen molar-refractivity contribution in [2.75, 3.05) is 33.1 Å². The molecular formula is C16H21NO4S. The Bertz CT molecular complexity index is 545. The highest BCUT2D eigenvalue weighted by atomic mass is 32.2. The van der Waals surface area contributed by atoms with Gasteiger partial charge in [0.2, 0.25) is 0 Å². The first-order valence-corrected chi connectivity index (χ1v) is 8.55. The molecule has 0 aromatic heterocycles. The van der Waals surface area contributed by atoms with Crippen LogP contribution in [0, 0.1) is 0 Å². The third kappa shape index (κ3) is 2.90. The van der Waals surface area contributed by atoms with Gasteiger partial charge in [-0.2, -0.15) is 0 Å². The minimum Gasteiger partial charge on any atom is -0.497 e. The second-order valence-electron chi connectivity index (χ2n) is 5.36. The molecule has 1 amide bonds. The lowest BCUT2D eigenvalue weighted by molar-refractivity contribution is -0.141. The minimum atomic E-state index is -0.280. The van der Waals surface area contributed by atoms with E-state index in [4.69, 9.17) is 14.2 Å². The van der Waals surface area contributed by atoms with Gasteiger partial charge in [0, 0.05) is 24.5 Å². The summed E-state index contributed by atoms with van der Waals surface area (Å²) in [5.74, 6) is 2.57. The van der Waals surface area contributed by atoms with Gasteiger partial charge in [0.1, 0.15) is 23.0 Å². The van der Waals surface area contributed by atoms with Crippen LogP contribution in [0.25, 0.3) is 0 Å². The second kappa shape index (κ2) is 6.79. The van der Waals surface area contributed by atoms with Crippen molar-refractivity contribution < 1.29 is 19.0 Å². The zero-order valence-electron chi connectivity index (χ0n) is 12.9. The number of rotatable bonds is 4. The van der Waals surface area contributed by atoms with E-state index in [1.54, 1.807) is 26.0 Å². The summed E-state index contributed by atoms with van der Waals surface area (Å²) >= 11 is 1.75. The summed E-state index contributed by atoms with van der Waals surface area (Å²) in [5.41, 5.74) is 0.982. The third-order valence-corrected chi connectivity index (χ3v) is 5.32. The maximum absolute atomic E-state index is 12.7. The number of carbonyl (C=O) groups is 1. The number of thioether (sulfide) groups is 1. The molecule has 2 unspecified atom stereocenters. The lowest BCUT2D eigenvalue weighted by Gasteiger charge is -2.27. The number of carbonyl (C=O) groups excluding carboxylic acids is 1. The van der Waals surface area contributed by atoms with Crippen molar-refractivity contribution in [3.63, 3.8) is 0 Å². The number of methoxy groups -OCH3 is 2. The molecule has 0 aliphatic carbocycles. The Hall–Kier alpha value is -1.40. The van der Waals surface area contributed by atoms with Crippen molar-refractivity contribution >= 4 is 17.7 Å². The van der Waals surface area contributed by atoms with Crippen LogP contribution in [-0.2, 0) is 9.53 Å². The van der Waals surface area contributed by atoms with Gasteiger partial charge in [-0.3, -0.25) is 4.79 Å². The van der Waals surface area contributed by atoms with E-state index in [0.29, 0.717) is 6.61 Å². The molecular weight excluding hydrogens is 302 g/mol. The zero-order chi connectivity index (χ0) is 15.5. The number of hydrogen-bond donors (Lipinski definition) is 0. The molecule has 0 bridgehead atoms. The zero-order valence-corrected chi connectivity index (χ0v) is 13.7. The molecule has 0 spiro atoms. The van der Waals surface area contributed by atoms with E-state index in [-0.39, 0.29) is 17.4 Å². The molecule has 2 aliphatic heterocycles. The predicted molar refractivity (Wildman–Crippen MR) is 85.4 cm³/mol. The Labute approximate surface area is 134 Å². The van der Waals surface area contributed by atoms with Gasteiger partial charge < -0.3 is 19.1 Å². The van der Waals surface area contributed by atoms with E-state index in [0.717, 1.165) is 42.2 Å². The summed E-state index contributed by atoms with van der Waals surface area (Å²) in [5, 5.41) is -0.0400. The summed E-state index contributed by atoms with van der Waals surface area (Å²) in [6, 6.07) is 5.72. The molecule has 2 aliphatic rings. The number of nitrogens with zero attached hydrogens (tertiary/aromatic N) is 1. The Morgan fingerprint density at radius 2 is 2.23 bits per heavy atom. The first kappa shape index (κ1) is 15.5. The number of ether oxygens (including phenoxy) is 3. The standard InChI is InChI=1S/C16H21NO4S/c1-19-11-5-6-13(20-2)12(10-11)16-17(7-9-22-16)15(18)14-4-3-8-21-14/h5-6,10,14,16H,3-4,7-9H2,1-2H3. The van der Waals surface area contributed by atoms with Crippen LogP contribution in [0.4, 0.5) is 0 Å². The van der Waals surface area contributed by atoms with Gasteiger partial charge in [0.15, 0.2) is 0 Å². The van der Waals surface area contributed by atoms with Crippen molar-refractivity contribution in [2.24, 2.45) is 0 Å². The number of benzene rings is 1. The molecule has 0 N–H and O–H groups in total. The smallest absolute Gasteiger partial charge is 0.252 e. The van der Waals surface area contributed by atoms with Gasteiger partial charge in [-0.25, -0.2) is 0 Å². The highest BCUT2D eigenvalue weighted by molar-refractivity contribution is 7.99. The van der Waals surface area contributed by atoms with Crippen molar-refractivity contribution in [3.05, 3.63) is 23.8 Å². The van der Waals surface area contributed by atoms with Crippen molar-refractivity contribution in [2.45, 2.75) is 24.3 Å². The fourth-order valence-electron chi connectivity index (χ4n) is 2.94. The fraction of sp³-hybridized carbons (Fsp3) is 0.562. The van der Waals surface area contributed by atoms with E-state index in [2.05, 4.69) is 0 Å². The third-order valence-electron chi connectivity index (χ3n) is 4.08. The lowest BCUT2D eigenvalue weighted by Crippen LogP contribution is -2.38. The van der Waals surface area contributed by atoms with Gasteiger partial charge in [0.05, 0.1) is 14.2 Å². The average molecular weight is 323 g/mol. The van der Waals surface area contributed by atoms with Crippen molar-refractivity contribution in [1.82, 2.24) is 4.90 Å². The van der Waals surface area contributed by atoms with E-state index in [1.165, 1.54) is 0 Å². The molecule has 1 aromatic rings. The average Bonchev–Trinajstić information content (AvgIpc) is 3.24. The Kier molecular flexibility index (Phi) is 4.78. The van der Waals surface area contributed by atoms with Gasteiger partial charge in [-0.1, -0.05) is 0 Å². The highest BCUT2D eigenvalue weighted by Gasteiger charge is 2.37. The number of amides is 1. The monoisotopic (exact) mass is 323 g/mol. The van der Waals surface area contributed by atoms with E-state index >= 15 is 0 Å². The van der Waals surface area contributed by atoms with Crippen molar-refractivity contribution in [1.29, 1.82) is 0 Å².